The lowest BCUT2D eigenvalue weighted by molar-refractivity contribution is -0.134. The second kappa shape index (κ2) is 8.20. The zero-order valence-electron chi connectivity index (χ0n) is 14.9. The lowest BCUT2D eigenvalue weighted by Gasteiger charge is -2.39. The number of thiophene rings is 1. The fraction of sp³-hybridized carbons (Fsp3) is 0.333. The van der Waals surface area contributed by atoms with Gasteiger partial charge in [0.25, 0.3) is 0 Å². The average Bonchev–Trinajstić information content (AvgIpc) is 3.20. The summed E-state index contributed by atoms with van der Waals surface area (Å²) >= 11 is 1.51. The van der Waals surface area contributed by atoms with Gasteiger partial charge in [0, 0.05) is 31.4 Å². The SMILES string of the molecule is CC(=O)N1CCN(S(=O)(=O)c2ccccc2)C(C(=O)NCc2cccs2)C1. The first-order chi connectivity index (χ1) is 12.9. The van der Waals surface area contributed by atoms with Crippen LogP contribution in [0.2, 0.25) is 0 Å². The average molecular weight is 408 g/mol. The first-order valence-corrected chi connectivity index (χ1v) is 10.8. The predicted molar refractivity (Wildman–Crippen MR) is 103 cm³/mol. The van der Waals surface area contributed by atoms with Crippen LogP contribution in [-0.4, -0.2) is 55.1 Å². The molecule has 0 bridgehead atoms. The topological polar surface area (TPSA) is 86.8 Å². The highest BCUT2D eigenvalue weighted by Gasteiger charge is 2.40. The molecule has 3 rings (SSSR count). The number of hydrogen-bond acceptors (Lipinski definition) is 5. The molecule has 1 aromatic carbocycles. The van der Waals surface area contributed by atoms with Crippen molar-refractivity contribution in [2.24, 2.45) is 0 Å². The van der Waals surface area contributed by atoms with E-state index in [4.69, 9.17) is 0 Å². The maximum absolute atomic E-state index is 13.1. The third kappa shape index (κ3) is 4.37. The molecule has 1 N–H and O–H groups in total. The number of carbonyl (C=O) groups excluding carboxylic acids is 2. The quantitative estimate of drug-likeness (QED) is 0.809. The summed E-state index contributed by atoms with van der Waals surface area (Å²) in [5.41, 5.74) is 0. The zero-order chi connectivity index (χ0) is 19.4. The Morgan fingerprint density at radius 1 is 1.15 bits per heavy atom. The number of benzene rings is 1. The molecule has 7 nitrogen and oxygen atoms in total. The van der Waals surface area contributed by atoms with Crippen LogP contribution in [0, 0.1) is 0 Å². The molecular weight excluding hydrogens is 386 g/mol. The number of rotatable bonds is 5. The van der Waals surface area contributed by atoms with E-state index in [0.717, 1.165) is 4.88 Å². The van der Waals surface area contributed by atoms with E-state index in [-0.39, 0.29) is 30.4 Å². The van der Waals surface area contributed by atoms with E-state index in [1.165, 1.54) is 39.6 Å². The lowest BCUT2D eigenvalue weighted by Crippen LogP contribution is -2.61. The highest BCUT2D eigenvalue weighted by Crippen LogP contribution is 2.22. The van der Waals surface area contributed by atoms with Gasteiger partial charge in [-0.2, -0.15) is 4.31 Å². The molecule has 0 saturated carbocycles. The molecule has 9 heteroatoms. The van der Waals surface area contributed by atoms with Gasteiger partial charge in [0.1, 0.15) is 6.04 Å². The molecule has 1 atom stereocenters. The molecule has 0 radical (unpaired) electrons. The fourth-order valence-electron chi connectivity index (χ4n) is 2.99. The fourth-order valence-corrected chi connectivity index (χ4v) is 5.22. The summed E-state index contributed by atoms with van der Waals surface area (Å²) in [7, 11) is -3.84. The predicted octanol–water partition coefficient (Wildman–Crippen LogP) is 1.29. The number of amides is 2. The van der Waals surface area contributed by atoms with E-state index in [2.05, 4.69) is 5.32 Å². The van der Waals surface area contributed by atoms with Crippen molar-refractivity contribution in [3.05, 3.63) is 52.7 Å². The van der Waals surface area contributed by atoms with Gasteiger partial charge in [0.2, 0.25) is 21.8 Å². The third-order valence-electron chi connectivity index (χ3n) is 4.45. The molecule has 0 aliphatic carbocycles. The minimum absolute atomic E-state index is 0.0394. The largest absolute Gasteiger partial charge is 0.350 e. The molecule has 2 aromatic rings. The van der Waals surface area contributed by atoms with Crippen molar-refractivity contribution in [1.29, 1.82) is 0 Å². The highest BCUT2D eigenvalue weighted by atomic mass is 32.2. The van der Waals surface area contributed by atoms with Gasteiger partial charge in [-0.1, -0.05) is 24.3 Å². The van der Waals surface area contributed by atoms with Crippen molar-refractivity contribution in [2.45, 2.75) is 24.4 Å². The maximum Gasteiger partial charge on any atom is 0.243 e. The standard InChI is InChI=1S/C18H21N3O4S2/c1-14(22)20-9-10-21(27(24,25)16-7-3-2-4-8-16)17(13-20)18(23)19-12-15-6-5-11-26-15/h2-8,11,17H,9-10,12-13H2,1H3,(H,19,23). The minimum Gasteiger partial charge on any atom is -0.350 e. The first kappa shape index (κ1) is 19.5. The van der Waals surface area contributed by atoms with Crippen molar-refractivity contribution in [1.82, 2.24) is 14.5 Å². The van der Waals surface area contributed by atoms with Crippen molar-refractivity contribution < 1.29 is 18.0 Å². The highest BCUT2D eigenvalue weighted by molar-refractivity contribution is 7.89. The molecule has 1 aliphatic rings. The van der Waals surface area contributed by atoms with E-state index < -0.39 is 22.0 Å². The summed E-state index contributed by atoms with van der Waals surface area (Å²) < 4.78 is 27.3. The van der Waals surface area contributed by atoms with Crippen LogP contribution in [0.1, 0.15) is 11.8 Å². The van der Waals surface area contributed by atoms with Gasteiger partial charge in [-0.15, -0.1) is 11.3 Å². The van der Waals surface area contributed by atoms with Crippen LogP contribution in [0.15, 0.2) is 52.7 Å². The second-order valence-electron chi connectivity index (χ2n) is 6.21. The van der Waals surface area contributed by atoms with Crippen LogP contribution in [0.5, 0.6) is 0 Å². The van der Waals surface area contributed by atoms with Crippen molar-refractivity contribution in [3.63, 3.8) is 0 Å². The zero-order valence-corrected chi connectivity index (χ0v) is 16.5. The summed E-state index contributed by atoms with van der Waals surface area (Å²) in [6.07, 6.45) is 0. The summed E-state index contributed by atoms with van der Waals surface area (Å²) in [4.78, 5) is 27.2. The Kier molecular flexibility index (Phi) is 5.93. The summed E-state index contributed by atoms with van der Waals surface area (Å²) in [6.45, 7) is 2.12. The Hall–Kier alpha value is -2.23. The Morgan fingerprint density at radius 3 is 2.52 bits per heavy atom. The van der Waals surface area contributed by atoms with Crippen LogP contribution in [0.25, 0.3) is 0 Å². The molecule has 1 unspecified atom stereocenters. The van der Waals surface area contributed by atoms with Gasteiger partial charge in [-0.05, 0) is 23.6 Å². The molecule has 0 spiro atoms. The minimum atomic E-state index is -3.84. The second-order valence-corrected chi connectivity index (χ2v) is 9.13. The monoisotopic (exact) mass is 407 g/mol. The molecule has 1 saturated heterocycles. The van der Waals surface area contributed by atoms with Crippen LogP contribution < -0.4 is 5.32 Å². The van der Waals surface area contributed by atoms with Crippen molar-refractivity contribution >= 4 is 33.2 Å². The number of hydrogen-bond donors (Lipinski definition) is 1. The molecule has 27 heavy (non-hydrogen) atoms. The van der Waals surface area contributed by atoms with Crippen molar-refractivity contribution in [3.8, 4) is 0 Å². The Labute approximate surface area is 162 Å². The van der Waals surface area contributed by atoms with Gasteiger partial charge in [0.05, 0.1) is 11.4 Å². The van der Waals surface area contributed by atoms with Gasteiger partial charge in [-0.3, -0.25) is 9.59 Å². The number of nitrogens with zero attached hydrogens (tertiary/aromatic N) is 2. The Morgan fingerprint density at radius 2 is 1.89 bits per heavy atom. The van der Waals surface area contributed by atoms with Crippen LogP contribution >= 0.6 is 11.3 Å². The summed E-state index contributed by atoms with van der Waals surface area (Å²) in [5.74, 6) is -0.586. The Bertz CT molecular complexity index is 898. The number of piperazine rings is 1. The number of carbonyl (C=O) groups is 2. The smallest absolute Gasteiger partial charge is 0.243 e. The van der Waals surface area contributed by atoms with Gasteiger partial charge >= 0.3 is 0 Å². The molecule has 144 valence electrons. The first-order valence-electron chi connectivity index (χ1n) is 8.52. The van der Waals surface area contributed by atoms with Crippen LogP contribution in [-0.2, 0) is 26.2 Å². The number of nitrogens with one attached hydrogen (secondary N) is 1. The molecule has 1 fully saturated rings. The van der Waals surface area contributed by atoms with E-state index in [0.29, 0.717) is 6.54 Å². The van der Waals surface area contributed by atoms with Crippen molar-refractivity contribution in [2.75, 3.05) is 19.6 Å². The van der Waals surface area contributed by atoms with Gasteiger partial charge in [-0.25, -0.2) is 8.42 Å². The summed E-state index contributed by atoms with van der Waals surface area (Å²) in [6, 6.07) is 10.9. The van der Waals surface area contributed by atoms with Crippen LogP contribution in [0.4, 0.5) is 0 Å². The molecule has 2 amide bonds. The summed E-state index contributed by atoms with van der Waals surface area (Å²) in [5, 5.41) is 4.70. The molecule has 1 aromatic heterocycles. The van der Waals surface area contributed by atoms with E-state index in [1.807, 2.05) is 17.5 Å². The van der Waals surface area contributed by atoms with Gasteiger partial charge in [0.15, 0.2) is 0 Å². The molecular formula is C18H21N3O4S2. The number of sulfonamides is 1. The van der Waals surface area contributed by atoms with E-state index in [1.54, 1.807) is 18.2 Å². The lowest BCUT2D eigenvalue weighted by atomic mass is 10.2. The third-order valence-corrected chi connectivity index (χ3v) is 7.24. The maximum atomic E-state index is 13.1. The molecule has 2 heterocycles. The normalized spacial score (nSPS) is 18.3. The van der Waals surface area contributed by atoms with Crippen LogP contribution in [0.3, 0.4) is 0 Å². The van der Waals surface area contributed by atoms with E-state index in [9.17, 15) is 18.0 Å². The Balaban J connectivity index is 1.84. The molecule has 1 aliphatic heterocycles. The van der Waals surface area contributed by atoms with E-state index >= 15 is 0 Å². The van der Waals surface area contributed by atoms with Gasteiger partial charge < -0.3 is 10.2 Å².